The molecule has 1 aliphatic rings. The summed E-state index contributed by atoms with van der Waals surface area (Å²) in [7, 11) is 1.27. The van der Waals surface area contributed by atoms with Crippen molar-refractivity contribution in [1.29, 1.82) is 0 Å². The van der Waals surface area contributed by atoms with Gasteiger partial charge in [-0.05, 0) is 6.42 Å². The number of ether oxygens (including phenoxy) is 2. The minimum atomic E-state index is -1.02. The molecule has 1 aliphatic heterocycles. The van der Waals surface area contributed by atoms with Crippen molar-refractivity contribution < 1.29 is 19.1 Å². The van der Waals surface area contributed by atoms with Gasteiger partial charge in [0, 0.05) is 6.61 Å². The summed E-state index contributed by atoms with van der Waals surface area (Å²) in [6.07, 6.45) is 1.05. The predicted octanol–water partition coefficient (Wildman–Crippen LogP) is -0.235. The van der Waals surface area contributed by atoms with Gasteiger partial charge in [0.15, 0.2) is 0 Å². The van der Waals surface area contributed by atoms with E-state index in [1.54, 1.807) is 0 Å². The monoisotopic (exact) mass is 158 g/mol. The Morgan fingerprint density at radius 3 is 2.82 bits per heavy atom. The maximum Gasteiger partial charge on any atom is 0.321 e. The van der Waals surface area contributed by atoms with Crippen LogP contribution in [0.15, 0.2) is 0 Å². The highest BCUT2D eigenvalue weighted by Crippen LogP contribution is 2.27. The van der Waals surface area contributed by atoms with Gasteiger partial charge >= 0.3 is 5.97 Å². The Labute approximate surface area is 64.5 Å². The topological polar surface area (TPSA) is 52.6 Å². The van der Waals surface area contributed by atoms with Crippen LogP contribution in [0.5, 0.6) is 0 Å². The van der Waals surface area contributed by atoms with Gasteiger partial charge in [0.2, 0.25) is 0 Å². The molecular formula is C7H10O4. The zero-order valence-electron chi connectivity index (χ0n) is 6.33. The Hall–Kier alpha value is -0.900. The average Bonchev–Trinajstić information content (AvgIpc) is 2.52. The molecule has 11 heavy (non-hydrogen) atoms. The minimum Gasteiger partial charge on any atom is -0.468 e. The molecule has 0 amide bonds. The SMILES string of the molecule is COC(=O)C1(C=O)CCOC1. The summed E-state index contributed by atoms with van der Waals surface area (Å²) in [5, 5.41) is 0. The number of rotatable bonds is 2. The molecule has 62 valence electrons. The van der Waals surface area contributed by atoms with Crippen molar-refractivity contribution >= 4 is 12.3 Å². The summed E-state index contributed by atoms with van der Waals surface area (Å²) >= 11 is 0. The number of aldehydes is 1. The van der Waals surface area contributed by atoms with Gasteiger partial charge in [0.1, 0.15) is 11.7 Å². The maximum absolute atomic E-state index is 11.0. The maximum atomic E-state index is 11.0. The Morgan fingerprint density at radius 2 is 2.45 bits per heavy atom. The molecule has 4 heteroatoms. The smallest absolute Gasteiger partial charge is 0.321 e. The molecule has 0 aromatic rings. The molecule has 0 spiro atoms. The predicted molar refractivity (Wildman–Crippen MR) is 35.9 cm³/mol. The van der Waals surface area contributed by atoms with Crippen molar-refractivity contribution in [3.05, 3.63) is 0 Å². The first-order chi connectivity index (χ1) is 5.25. The summed E-state index contributed by atoms with van der Waals surface area (Å²) in [6, 6.07) is 0. The molecule has 0 saturated carbocycles. The van der Waals surface area contributed by atoms with Gasteiger partial charge in [-0.1, -0.05) is 0 Å². The molecule has 4 nitrogen and oxygen atoms in total. The van der Waals surface area contributed by atoms with E-state index in [0.29, 0.717) is 19.3 Å². The fourth-order valence-electron chi connectivity index (χ4n) is 1.09. The van der Waals surface area contributed by atoms with Gasteiger partial charge in [-0.25, -0.2) is 0 Å². The van der Waals surface area contributed by atoms with Crippen LogP contribution in [0.25, 0.3) is 0 Å². The van der Waals surface area contributed by atoms with Crippen molar-refractivity contribution in [2.45, 2.75) is 6.42 Å². The Morgan fingerprint density at radius 1 is 1.73 bits per heavy atom. The van der Waals surface area contributed by atoms with E-state index < -0.39 is 11.4 Å². The Kier molecular flexibility index (Phi) is 2.24. The van der Waals surface area contributed by atoms with Crippen LogP contribution in [-0.4, -0.2) is 32.6 Å². The lowest BCUT2D eigenvalue weighted by molar-refractivity contribution is -0.154. The zero-order valence-corrected chi connectivity index (χ0v) is 6.33. The van der Waals surface area contributed by atoms with Crippen molar-refractivity contribution in [3.8, 4) is 0 Å². The van der Waals surface area contributed by atoms with Gasteiger partial charge < -0.3 is 14.3 Å². The van der Waals surface area contributed by atoms with Crippen LogP contribution in [0, 0.1) is 5.41 Å². The lowest BCUT2D eigenvalue weighted by Crippen LogP contribution is -2.34. The van der Waals surface area contributed by atoms with E-state index in [0.717, 1.165) is 0 Å². The molecule has 1 unspecified atom stereocenters. The summed E-state index contributed by atoms with van der Waals surface area (Å²) in [4.78, 5) is 21.6. The molecule has 1 atom stereocenters. The Balaban J connectivity index is 2.74. The number of methoxy groups -OCH3 is 1. The highest BCUT2D eigenvalue weighted by atomic mass is 16.5. The van der Waals surface area contributed by atoms with Gasteiger partial charge in [-0.2, -0.15) is 0 Å². The lowest BCUT2D eigenvalue weighted by atomic mass is 9.90. The molecule has 1 saturated heterocycles. The second-order valence-corrected chi connectivity index (χ2v) is 2.57. The van der Waals surface area contributed by atoms with E-state index in [1.165, 1.54) is 7.11 Å². The van der Waals surface area contributed by atoms with Crippen LogP contribution in [0.2, 0.25) is 0 Å². The van der Waals surface area contributed by atoms with E-state index >= 15 is 0 Å². The van der Waals surface area contributed by atoms with Crippen molar-refractivity contribution in [1.82, 2.24) is 0 Å². The van der Waals surface area contributed by atoms with E-state index in [1.807, 2.05) is 0 Å². The normalized spacial score (nSPS) is 29.9. The molecular weight excluding hydrogens is 148 g/mol. The van der Waals surface area contributed by atoms with E-state index in [9.17, 15) is 9.59 Å². The molecule has 1 fully saturated rings. The van der Waals surface area contributed by atoms with Crippen LogP contribution in [0.1, 0.15) is 6.42 Å². The Bertz CT molecular complexity index is 169. The molecule has 0 aromatic carbocycles. The molecule has 0 N–H and O–H groups in total. The number of carbonyl (C=O) groups excluding carboxylic acids is 2. The van der Waals surface area contributed by atoms with Crippen molar-refractivity contribution in [3.63, 3.8) is 0 Å². The second-order valence-electron chi connectivity index (χ2n) is 2.57. The van der Waals surface area contributed by atoms with E-state index in [-0.39, 0.29) is 6.61 Å². The summed E-state index contributed by atoms with van der Waals surface area (Å²) in [5.41, 5.74) is -1.02. The average molecular weight is 158 g/mol. The zero-order chi connectivity index (χ0) is 8.32. The first-order valence-corrected chi connectivity index (χ1v) is 3.38. The third-order valence-electron chi connectivity index (χ3n) is 1.87. The van der Waals surface area contributed by atoms with Crippen molar-refractivity contribution in [2.75, 3.05) is 20.3 Å². The van der Waals surface area contributed by atoms with Crippen molar-refractivity contribution in [2.24, 2.45) is 5.41 Å². The van der Waals surface area contributed by atoms with Gasteiger partial charge in [-0.15, -0.1) is 0 Å². The highest BCUT2D eigenvalue weighted by molar-refractivity contribution is 5.93. The van der Waals surface area contributed by atoms with Crippen LogP contribution in [-0.2, 0) is 19.1 Å². The first kappa shape index (κ1) is 8.20. The van der Waals surface area contributed by atoms with Gasteiger partial charge in [0.05, 0.1) is 13.7 Å². The minimum absolute atomic E-state index is 0.156. The molecule has 1 rings (SSSR count). The largest absolute Gasteiger partial charge is 0.468 e. The number of esters is 1. The van der Waals surface area contributed by atoms with Gasteiger partial charge in [-0.3, -0.25) is 4.79 Å². The quantitative estimate of drug-likeness (QED) is 0.316. The summed E-state index contributed by atoms with van der Waals surface area (Å²) in [6.45, 7) is 0.608. The molecule has 0 aliphatic carbocycles. The first-order valence-electron chi connectivity index (χ1n) is 3.38. The molecule has 1 heterocycles. The van der Waals surface area contributed by atoms with E-state index in [4.69, 9.17) is 4.74 Å². The molecule has 0 aromatic heterocycles. The summed E-state index contributed by atoms with van der Waals surface area (Å²) < 4.78 is 9.42. The highest BCUT2D eigenvalue weighted by Gasteiger charge is 2.43. The van der Waals surface area contributed by atoms with Crippen LogP contribution < -0.4 is 0 Å². The van der Waals surface area contributed by atoms with Crippen LogP contribution >= 0.6 is 0 Å². The third-order valence-corrected chi connectivity index (χ3v) is 1.87. The second kappa shape index (κ2) is 3.00. The van der Waals surface area contributed by atoms with Gasteiger partial charge in [0.25, 0.3) is 0 Å². The summed E-state index contributed by atoms with van der Waals surface area (Å²) in [5.74, 6) is -0.495. The number of hydrogen-bond acceptors (Lipinski definition) is 4. The molecule has 0 radical (unpaired) electrons. The number of carbonyl (C=O) groups is 2. The fraction of sp³-hybridized carbons (Fsp3) is 0.714. The lowest BCUT2D eigenvalue weighted by Gasteiger charge is -2.15. The standard InChI is InChI=1S/C7H10O4/c1-10-6(9)7(4-8)2-3-11-5-7/h4H,2-3,5H2,1H3. The van der Waals surface area contributed by atoms with Crippen LogP contribution in [0.3, 0.4) is 0 Å². The van der Waals surface area contributed by atoms with Crippen LogP contribution in [0.4, 0.5) is 0 Å². The third kappa shape index (κ3) is 1.26. The molecule has 0 bridgehead atoms. The fourth-order valence-corrected chi connectivity index (χ4v) is 1.09. The van der Waals surface area contributed by atoms with E-state index in [2.05, 4.69) is 4.74 Å². The number of hydrogen-bond donors (Lipinski definition) is 0.